The first-order chi connectivity index (χ1) is 8.79. The Bertz CT molecular complexity index is 392. The van der Waals surface area contributed by atoms with Crippen molar-refractivity contribution in [3.8, 4) is 0 Å². The van der Waals surface area contributed by atoms with E-state index in [9.17, 15) is 0 Å². The largest absolute Gasteiger partial charge is 0.356 e. The van der Waals surface area contributed by atoms with E-state index in [1.165, 1.54) is 11.3 Å². The number of methoxy groups -OCH3 is 2. The lowest BCUT2D eigenvalue weighted by atomic mass is 9.74. The second-order valence-electron chi connectivity index (χ2n) is 5.16. The van der Waals surface area contributed by atoms with E-state index in [2.05, 4.69) is 17.5 Å². The Morgan fingerprint density at radius 1 is 1.44 bits per heavy atom. The van der Waals surface area contributed by atoms with Crippen LogP contribution >= 0.6 is 11.3 Å². The molecule has 0 spiro atoms. The van der Waals surface area contributed by atoms with Crippen molar-refractivity contribution in [2.24, 2.45) is 5.92 Å². The highest BCUT2D eigenvalue weighted by Gasteiger charge is 2.54. The van der Waals surface area contributed by atoms with Crippen molar-refractivity contribution < 1.29 is 14.2 Å². The Morgan fingerprint density at radius 3 is 3.00 bits per heavy atom. The van der Waals surface area contributed by atoms with Gasteiger partial charge in [0.05, 0.1) is 0 Å². The van der Waals surface area contributed by atoms with E-state index in [4.69, 9.17) is 14.2 Å². The van der Waals surface area contributed by atoms with Gasteiger partial charge >= 0.3 is 0 Å². The minimum Gasteiger partial charge on any atom is -0.356 e. The van der Waals surface area contributed by atoms with Crippen LogP contribution in [0.5, 0.6) is 0 Å². The summed E-state index contributed by atoms with van der Waals surface area (Å²) < 4.78 is 17.2. The van der Waals surface area contributed by atoms with Crippen LogP contribution in [-0.4, -0.2) is 26.3 Å². The summed E-state index contributed by atoms with van der Waals surface area (Å²) in [5, 5.41) is 2.15. The molecule has 2 heterocycles. The van der Waals surface area contributed by atoms with Gasteiger partial charge in [0.1, 0.15) is 0 Å². The SMILES string of the molecule is COC1CC2C(c3cccs3)CCCC2(OC)O1. The van der Waals surface area contributed by atoms with Crippen molar-refractivity contribution in [2.45, 2.75) is 43.7 Å². The molecule has 4 atom stereocenters. The Labute approximate surface area is 112 Å². The van der Waals surface area contributed by atoms with E-state index in [1.54, 1.807) is 14.2 Å². The van der Waals surface area contributed by atoms with Crippen LogP contribution in [0, 0.1) is 5.92 Å². The van der Waals surface area contributed by atoms with Gasteiger partial charge in [0.25, 0.3) is 0 Å². The monoisotopic (exact) mass is 268 g/mol. The summed E-state index contributed by atoms with van der Waals surface area (Å²) in [7, 11) is 3.48. The molecule has 3 rings (SSSR count). The van der Waals surface area contributed by atoms with Gasteiger partial charge in [-0.3, -0.25) is 0 Å². The van der Waals surface area contributed by atoms with Gasteiger partial charge in [0.2, 0.25) is 0 Å². The van der Waals surface area contributed by atoms with Gasteiger partial charge in [-0.25, -0.2) is 0 Å². The molecule has 0 amide bonds. The second kappa shape index (κ2) is 4.93. The number of rotatable bonds is 3. The van der Waals surface area contributed by atoms with Gasteiger partial charge < -0.3 is 14.2 Å². The number of hydrogen-bond acceptors (Lipinski definition) is 4. The summed E-state index contributed by atoms with van der Waals surface area (Å²) in [6, 6.07) is 4.37. The van der Waals surface area contributed by atoms with Gasteiger partial charge in [-0.15, -0.1) is 11.3 Å². The first kappa shape index (κ1) is 12.6. The highest BCUT2D eigenvalue weighted by atomic mass is 32.1. The minimum absolute atomic E-state index is 0.115. The van der Waals surface area contributed by atoms with Gasteiger partial charge in [-0.1, -0.05) is 6.07 Å². The summed E-state index contributed by atoms with van der Waals surface area (Å²) >= 11 is 1.84. The number of fused-ring (bicyclic) bond motifs is 1. The van der Waals surface area contributed by atoms with Crippen molar-refractivity contribution >= 4 is 11.3 Å². The van der Waals surface area contributed by atoms with Crippen LogP contribution in [0.3, 0.4) is 0 Å². The maximum atomic E-state index is 6.04. The number of hydrogen-bond donors (Lipinski definition) is 0. The van der Waals surface area contributed by atoms with E-state index in [0.717, 1.165) is 19.3 Å². The molecule has 100 valence electrons. The van der Waals surface area contributed by atoms with Crippen LogP contribution in [0.15, 0.2) is 17.5 Å². The van der Waals surface area contributed by atoms with Gasteiger partial charge in [-0.2, -0.15) is 0 Å². The zero-order valence-electron chi connectivity index (χ0n) is 10.9. The molecule has 1 aromatic heterocycles. The van der Waals surface area contributed by atoms with Gasteiger partial charge in [0, 0.05) is 43.8 Å². The van der Waals surface area contributed by atoms with Crippen LogP contribution in [0.25, 0.3) is 0 Å². The highest BCUT2D eigenvalue weighted by molar-refractivity contribution is 7.10. The average molecular weight is 268 g/mol. The molecule has 1 saturated heterocycles. The van der Waals surface area contributed by atoms with E-state index >= 15 is 0 Å². The molecule has 4 heteroatoms. The molecule has 1 aliphatic carbocycles. The molecule has 2 fully saturated rings. The molecule has 1 saturated carbocycles. The Kier molecular flexibility index (Phi) is 3.45. The number of thiophene rings is 1. The fourth-order valence-electron chi connectivity index (χ4n) is 3.52. The summed E-state index contributed by atoms with van der Waals surface area (Å²) in [5.41, 5.74) is 0. The lowest BCUT2D eigenvalue weighted by molar-refractivity contribution is -0.278. The molecule has 0 radical (unpaired) electrons. The Hall–Kier alpha value is -0.420. The summed E-state index contributed by atoms with van der Waals surface area (Å²) in [6.07, 6.45) is 4.19. The van der Waals surface area contributed by atoms with Crippen LogP contribution in [-0.2, 0) is 14.2 Å². The van der Waals surface area contributed by atoms with Gasteiger partial charge in [0.15, 0.2) is 12.1 Å². The molecule has 1 aromatic rings. The Balaban J connectivity index is 1.89. The molecule has 18 heavy (non-hydrogen) atoms. The van der Waals surface area contributed by atoms with Crippen LogP contribution in [0.4, 0.5) is 0 Å². The quantitative estimate of drug-likeness (QED) is 0.841. The molecule has 4 unspecified atom stereocenters. The highest BCUT2D eigenvalue weighted by Crippen LogP contribution is 2.53. The molecule has 1 aliphatic heterocycles. The maximum absolute atomic E-state index is 6.04. The van der Waals surface area contributed by atoms with E-state index in [0.29, 0.717) is 11.8 Å². The topological polar surface area (TPSA) is 27.7 Å². The van der Waals surface area contributed by atoms with E-state index in [1.807, 2.05) is 11.3 Å². The summed E-state index contributed by atoms with van der Waals surface area (Å²) in [4.78, 5) is 1.46. The van der Waals surface area contributed by atoms with Crippen LogP contribution < -0.4 is 0 Å². The van der Waals surface area contributed by atoms with Crippen molar-refractivity contribution in [2.75, 3.05) is 14.2 Å². The van der Waals surface area contributed by atoms with Crippen molar-refractivity contribution in [1.82, 2.24) is 0 Å². The lowest BCUT2D eigenvalue weighted by Gasteiger charge is -2.41. The number of ether oxygens (including phenoxy) is 3. The molecule has 0 N–H and O–H groups in total. The van der Waals surface area contributed by atoms with E-state index < -0.39 is 5.79 Å². The third kappa shape index (κ3) is 1.92. The smallest absolute Gasteiger partial charge is 0.174 e. The predicted molar refractivity (Wildman–Crippen MR) is 70.6 cm³/mol. The second-order valence-corrected chi connectivity index (χ2v) is 6.13. The lowest BCUT2D eigenvalue weighted by Crippen LogP contribution is -2.43. The first-order valence-electron chi connectivity index (χ1n) is 6.58. The fraction of sp³-hybridized carbons (Fsp3) is 0.714. The average Bonchev–Trinajstić information content (AvgIpc) is 3.05. The zero-order chi connectivity index (χ0) is 12.6. The third-order valence-corrected chi connectivity index (χ3v) is 5.39. The molecule has 0 aromatic carbocycles. The molecular weight excluding hydrogens is 248 g/mol. The van der Waals surface area contributed by atoms with Crippen LogP contribution in [0.2, 0.25) is 0 Å². The Morgan fingerprint density at radius 2 is 2.33 bits per heavy atom. The molecular formula is C14H20O3S. The predicted octanol–water partition coefficient (Wildman–Crippen LogP) is 3.37. The van der Waals surface area contributed by atoms with Crippen molar-refractivity contribution in [3.05, 3.63) is 22.4 Å². The van der Waals surface area contributed by atoms with E-state index in [-0.39, 0.29) is 6.29 Å². The summed E-state index contributed by atoms with van der Waals surface area (Å²) in [5.74, 6) is 0.548. The van der Waals surface area contributed by atoms with Crippen molar-refractivity contribution in [3.63, 3.8) is 0 Å². The van der Waals surface area contributed by atoms with Gasteiger partial charge in [-0.05, 0) is 24.3 Å². The summed E-state index contributed by atoms with van der Waals surface area (Å²) in [6.45, 7) is 0. The maximum Gasteiger partial charge on any atom is 0.174 e. The normalized spacial score (nSPS) is 39.8. The van der Waals surface area contributed by atoms with Crippen LogP contribution in [0.1, 0.15) is 36.5 Å². The fourth-order valence-corrected chi connectivity index (χ4v) is 4.45. The van der Waals surface area contributed by atoms with Crippen molar-refractivity contribution in [1.29, 1.82) is 0 Å². The zero-order valence-corrected chi connectivity index (χ0v) is 11.7. The molecule has 3 nitrogen and oxygen atoms in total. The minimum atomic E-state index is -0.423. The first-order valence-corrected chi connectivity index (χ1v) is 7.46. The third-order valence-electron chi connectivity index (χ3n) is 4.39. The standard InChI is InChI=1S/C14H20O3S/c1-15-13-9-11-10(12-6-4-8-18-12)5-3-7-14(11,16-2)17-13/h4,6,8,10-11,13H,3,5,7,9H2,1-2H3. The molecule has 0 bridgehead atoms. The molecule has 2 aliphatic rings.